The molecule has 0 radical (unpaired) electrons. The Morgan fingerprint density at radius 1 is 1.58 bits per heavy atom. The summed E-state index contributed by atoms with van der Waals surface area (Å²) in [5, 5.41) is 2.57. The number of nitrogens with zero attached hydrogens (tertiary/aromatic N) is 1. The van der Waals surface area contributed by atoms with Gasteiger partial charge in [0, 0.05) is 19.1 Å². The monoisotopic (exact) mass is 173 g/mol. The van der Waals surface area contributed by atoms with E-state index in [1.54, 1.807) is 7.05 Å². The van der Waals surface area contributed by atoms with Crippen molar-refractivity contribution in [2.75, 3.05) is 27.2 Å². The van der Waals surface area contributed by atoms with Crippen LogP contribution in [-0.2, 0) is 4.79 Å². The van der Waals surface area contributed by atoms with Crippen molar-refractivity contribution in [2.24, 2.45) is 5.73 Å². The fraction of sp³-hybridized carbons (Fsp3) is 0.875. The van der Waals surface area contributed by atoms with Gasteiger partial charge >= 0.3 is 0 Å². The molecule has 72 valence electrons. The molecule has 0 heterocycles. The van der Waals surface area contributed by atoms with Crippen LogP contribution in [0.4, 0.5) is 0 Å². The van der Waals surface area contributed by atoms with Crippen LogP contribution in [0.15, 0.2) is 0 Å². The van der Waals surface area contributed by atoms with Crippen LogP contribution >= 0.6 is 0 Å². The Labute approximate surface area is 74.1 Å². The quantitative estimate of drug-likeness (QED) is 0.597. The molecule has 0 bridgehead atoms. The lowest BCUT2D eigenvalue weighted by molar-refractivity contribution is -0.122. The zero-order valence-corrected chi connectivity index (χ0v) is 8.35. The van der Waals surface area contributed by atoms with E-state index >= 15 is 0 Å². The molecular weight excluding hydrogens is 154 g/mol. The zero-order valence-electron chi connectivity index (χ0n) is 8.35. The first-order valence-corrected chi connectivity index (χ1v) is 4.06. The lowest BCUT2D eigenvalue weighted by Gasteiger charge is -2.33. The van der Waals surface area contributed by atoms with Gasteiger partial charge in [0.1, 0.15) is 0 Å². The predicted molar refractivity (Wildman–Crippen MR) is 49.8 cm³/mol. The van der Waals surface area contributed by atoms with Crippen molar-refractivity contribution >= 4 is 5.91 Å². The van der Waals surface area contributed by atoms with Crippen molar-refractivity contribution < 1.29 is 4.79 Å². The molecule has 1 amide bonds. The average Bonchev–Trinajstić information content (AvgIpc) is 2.04. The van der Waals surface area contributed by atoms with Crippen molar-refractivity contribution in [3.8, 4) is 0 Å². The molecule has 0 rings (SSSR count). The van der Waals surface area contributed by atoms with Crippen LogP contribution in [0.1, 0.15) is 13.8 Å². The third kappa shape index (κ3) is 3.19. The van der Waals surface area contributed by atoms with Crippen molar-refractivity contribution in [2.45, 2.75) is 19.4 Å². The summed E-state index contributed by atoms with van der Waals surface area (Å²) in [6, 6.07) is 0. The van der Waals surface area contributed by atoms with Crippen LogP contribution < -0.4 is 11.1 Å². The van der Waals surface area contributed by atoms with Crippen molar-refractivity contribution in [3.05, 3.63) is 0 Å². The van der Waals surface area contributed by atoms with Gasteiger partial charge in [0.15, 0.2) is 0 Å². The van der Waals surface area contributed by atoms with Gasteiger partial charge in [-0.05, 0) is 20.9 Å². The third-order valence-corrected chi connectivity index (χ3v) is 2.19. The summed E-state index contributed by atoms with van der Waals surface area (Å²) in [5.74, 6) is 0.0130. The van der Waals surface area contributed by atoms with E-state index in [-0.39, 0.29) is 11.4 Å². The van der Waals surface area contributed by atoms with Crippen LogP contribution in [0.3, 0.4) is 0 Å². The minimum absolute atomic E-state index is 0.0130. The topological polar surface area (TPSA) is 58.4 Å². The summed E-state index contributed by atoms with van der Waals surface area (Å²) >= 11 is 0. The van der Waals surface area contributed by atoms with Gasteiger partial charge in [0.2, 0.25) is 5.91 Å². The molecule has 0 saturated heterocycles. The van der Waals surface area contributed by atoms with Gasteiger partial charge in [-0.15, -0.1) is 0 Å². The Morgan fingerprint density at radius 2 is 2.08 bits per heavy atom. The molecule has 0 aliphatic heterocycles. The van der Waals surface area contributed by atoms with Gasteiger partial charge in [-0.25, -0.2) is 0 Å². The molecule has 4 heteroatoms. The summed E-state index contributed by atoms with van der Waals surface area (Å²) in [5.41, 5.74) is 5.43. The fourth-order valence-electron chi connectivity index (χ4n) is 0.664. The molecule has 0 atom stereocenters. The fourth-order valence-corrected chi connectivity index (χ4v) is 0.664. The second-order valence-electron chi connectivity index (χ2n) is 3.55. The van der Waals surface area contributed by atoms with Gasteiger partial charge < -0.3 is 11.1 Å². The lowest BCUT2D eigenvalue weighted by Crippen LogP contribution is -2.50. The molecule has 0 fully saturated rings. The second-order valence-corrected chi connectivity index (χ2v) is 3.55. The van der Waals surface area contributed by atoms with E-state index in [0.29, 0.717) is 13.1 Å². The first-order chi connectivity index (χ1) is 5.44. The van der Waals surface area contributed by atoms with Crippen molar-refractivity contribution in [3.63, 3.8) is 0 Å². The Balaban J connectivity index is 4.02. The first-order valence-electron chi connectivity index (χ1n) is 4.06. The molecule has 0 aromatic carbocycles. The number of amides is 1. The minimum atomic E-state index is -0.119. The summed E-state index contributed by atoms with van der Waals surface area (Å²) in [6.45, 7) is 4.95. The van der Waals surface area contributed by atoms with E-state index in [1.807, 2.05) is 25.8 Å². The Hall–Kier alpha value is -0.610. The van der Waals surface area contributed by atoms with Gasteiger partial charge in [0.25, 0.3) is 0 Å². The molecule has 0 spiro atoms. The number of hydrogen-bond acceptors (Lipinski definition) is 3. The Kier molecular flexibility index (Phi) is 4.20. The Bertz CT molecular complexity index is 156. The van der Waals surface area contributed by atoms with Crippen LogP contribution in [0.5, 0.6) is 0 Å². The van der Waals surface area contributed by atoms with E-state index in [1.165, 1.54) is 0 Å². The summed E-state index contributed by atoms with van der Waals surface area (Å²) < 4.78 is 0. The molecule has 0 saturated carbocycles. The molecule has 0 aliphatic rings. The number of carbonyl (C=O) groups excluding carboxylic acids is 1. The summed E-state index contributed by atoms with van der Waals surface area (Å²) in [6.07, 6.45) is 0. The van der Waals surface area contributed by atoms with Crippen molar-refractivity contribution in [1.29, 1.82) is 0 Å². The number of nitrogens with one attached hydrogen (secondary N) is 1. The van der Waals surface area contributed by atoms with E-state index < -0.39 is 0 Å². The predicted octanol–water partition coefficient (Wildman–Crippen LogP) is -0.598. The Morgan fingerprint density at radius 3 is 2.42 bits per heavy atom. The number of hydrogen-bond donors (Lipinski definition) is 2. The molecular formula is C8H19N3O. The van der Waals surface area contributed by atoms with Gasteiger partial charge in [-0.1, -0.05) is 0 Å². The number of carbonyl (C=O) groups is 1. The highest BCUT2D eigenvalue weighted by Crippen LogP contribution is 2.08. The number of nitrogens with two attached hydrogens (primary N) is 1. The van der Waals surface area contributed by atoms with Gasteiger partial charge in [-0.3, -0.25) is 9.69 Å². The van der Waals surface area contributed by atoms with Crippen molar-refractivity contribution in [1.82, 2.24) is 10.2 Å². The van der Waals surface area contributed by atoms with Crippen LogP contribution in [0.2, 0.25) is 0 Å². The van der Waals surface area contributed by atoms with Gasteiger partial charge in [0.05, 0.1) is 6.54 Å². The lowest BCUT2D eigenvalue weighted by atomic mass is 10.0. The zero-order chi connectivity index (χ0) is 9.78. The second kappa shape index (κ2) is 4.42. The van der Waals surface area contributed by atoms with E-state index in [9.17, 15) is 4.79 Å². The molecule has 0 unspecified atom stereocenters. The maximum absolute atomic E-state index is 11.0. The number of rotatable bonds is 4. The van der Waals surface area contributed by atoms with Crippen LogP contribution in [0, 0.1) is 0 Å². The molecule has 12 heavy (non-hydrogen) atoms. The van der Waals surface area contributed by atoms with E-state index in [0.717, 1.165) is 0 Å². The smallest absolute Gasteiger partial charge is 0.233 e. The molecule has 3 N–H and O–H groups in total. The number of likely N-dealkylation sites (N-methyl/N-ethyl adjacent to an activating group) is 2. The summed E-state index contributed by atoms with van der Waals surface area (Å²) in [7, 11) is 3.52. The molecule has 0 aliphatic carbocycles. The minimum Gasteiger partial charge on any atom is -0.358 e. The van der Waals surface area contributed by atoms with Crippen LogP contribution in [0.25, 0.3) is 0 Å². The first kappa shape index (κ1) is 11.4. The third-order valence-electron chi connectivity index (χ3n) is 2.19. The van der Waals surface area contributed by atoms with E-state index in [2.05, 4.69) is 5.32 Å². The highest BCUT2D eigenvalue weighted by Gasteiger charge is 2.22. The summed E-state index contributed by atoms with van der Waals surface area (Å²) in [4.78, 5) is 12.9. The molecule has 4 nitrogen and oxygen atoms in total. The van der Waals surface area contributed by atoms with Crippen LogP contribution in [-0.4, -0.2) is 43.5 Å². The maximum atomic E-state index is 11.0. The highest BCUT2D eigenvalue weighted by atomic mass is 16.1. The maximum Gasteiger partial charge on any atom is 0.233 e. The largest absolute Gasteiger partial charge is 0.358 e. The standard InChI is InChI=1S/C8H19N3O/c1-8(2,6-9)11(4)5-7(12)10-3/h5-6,9H2,1-4H3,(H,10,12). The average molecular weight is 173 g/mol. The normalized spacial score (nSPS) is 11.8. The molecule has 0 aromatic rings. The van der Waals surface area contributed by atoms with Gasteiger partial charge in [-0.2, -0.15) is 0 Å². The molecule has 0 aromatic heterocycles. The van der Waals surface area contributed by atoms with E-state index in [4.69, 9.17) is 5.73 Å². The SMILES string of the molecule is CNC(=O)CN(C)C(C)(C)CN. The highest BCUT2D eigenvalue weighted by molar-refractivity contribution is 5.77.